The van der Waals surface area contributed by atoms with Gasteiger partial charge in [0.2, 0.25) is 0 Å². The Bertz CT molecular complexity index is 207. The topological polar surface area (TPSA) is 53.6 Å². The van der Waals surface area contributed by atoms with E-state index in [1.165, 1.54) is 6.42 Å². The Hall–Kier alpha value is -0.0400. The van der Waals surface area contributed by atoms with Crippen molar-refractivity contribution in [1.82, 2.24) is 10.2 Å². The summed E-state index contributed by atoms with van der Waals surface area (Å²) in [5.41, 5.74) is 5.78. The van der Waals surface area contributed by atoms with Gasteiger partial charge in [-0.05, 0) is 31.8 Å². The summed E-state index contributed by atoms with van der Waals surface area (Å²) in [4.78, 5) is 6.71. The molecule has 0 unspecified atom stereocenters. The molecule has 0 atom stereocenters. The van der Waals surface area contributed by atoms with Crippen molar-refractivity contribution in [3.05, 3.63) is 0 Å². The fourth-order valence-electron chi connectivity index (χ4n) is 1.59. The van der Waals surface area contributed by atoms with Crippen LogP contribution in [-0.4, -0.2) is 43.6 Å². The molecule has 0 aliphatic rings. The van der Waals surface area contributed by atoms with Crippen LogP contribution in [0.2, 0.25) is 0 Å². The Labute approximate surface area is 130 Å². The molecule has 0 spiro atoms. The van der Waals surface area contributed by atoms with Gasteiger partial charge in [-0.3, -0.25) is 4.99 Å². The lowest BCUT2D eigenvalue weighted by Crippen LogP contribution is -2.38. The van der Waals surface area contributed by atoms with E-state index in [2.05, 4.69) is 42.9 Å². The first-order valence-electron chi connectivity index (χ1n) is 6.86. The molecule has 0 heterocycles. The Morgan fingerprint density at radius 3 is 2.44 bits per heavy atom. The molecule has 0 aliphatic heterocycles. The second kappa shape index (κ2) is 13.4. The van der Waals surface area contributed by atoms with E-state index in [-0.39, 0.29) is 24.0 Å². The number of halogens is 1. The number of nitrogens with two attached hydrogens (primary N) is 1. The van der Waals surface area contributed by atoms with Gasteiger partial charge < -0.3 is 16.0 Å². The van der Waals surface area contributed by atoms with Crippen LogP contribution < -0.4 is 11.1 Å². The van der Waals surface area contributed by atoms with Gasteiger partial charge in [0.25, 0.3) is 0 Å². The predicted molar refractivity (Wildman–Crippen MR) is 91.8 cm³/mol. The maximum atomic E-state index is 5.78. The second-order valence-corrected chi connectivity index (χ2v) is 4.81. The minimum absolute atomic E-state index is 0. The van der Waals surface area contributed by atoms with E-state index in [0.717, 1.165) is 39.1 Å². The average molecular weight is 370 g/mol. The van der Waals surface area contributed by atoms with Crippen LogP contribution in [0.1, 0.15) is 40.5 Å². The summed E-state index contributed by atoms with van der Waals surface area (Å²) >= 11 is 0. The highest BCUT2D eigenvalue weighted by Crippen LogP contribution is 1.97. The van der Waals surface area contributed by atoms with Gasteiger partial charge in [0.15, 0.2) is 5.96 Å². The van der Waals surface area contributed by atoms with Gasteiger partial charge in [0.1, 0.15) is 0 Å². The normalized spacial score (nSPS) is 11.8. The highest BCUT2D eigenvalue weighted by Gasteiger charge is 2.00. The number of likely N-dealkylation sites (N-methyl/N-ethyl adjacent to an activating group) is 1. The van der Waals surface area contributed by atoms with E-state index in [0.29, 0.717) is 11.9 Å². The van der Waals surface area contributed by atoms with Gasteiger partial charge >= 0.3 is 0 Å². The number of nitrogens with one attached hydrogen (secondary N) is 1. The molecule has 0 saturated heterocycles. The van der Waals surface area contributed by atoms with Gasteiger partial charge in [-0.25, -0.2) is 0 Å². The summed E-state index contributed by atoms with van der Waals surface area (Å²) in [6.45, 7) is 13.8. The molecule has 0 radical (unpaired) electrons. The van der Waals surface area contributed by atoms with E-state index in [1.54, 1.807) is 0 Å². The maximum absolute atomic E-state index is 5.78. The molecule has 3 N–H and O–H groups in total. The summed E-state index contributed by atoms with van der Waals surface area (Å²) in [6, 6.07) is 0. The molecule has 0 bridgehead atoms. The lowest BCUT2D eigenvalue weighted by atomic mass is 10.1. The first kappa shape index (κ1) is 20.3. The van der Waals surface area contributed by atoms with Crippen molar-refractivity contribution in [2.75, 3.05) is 32.7 Å². The van der Waals surface area contributed by atoms with Crippen LogP contribution in [0.3, 0.4) is 0 Å². The smallest absolute Gasteiger partial charge is 0.188 e. The first-order valence-corrected chi connectivity index (χ1v) is 6.86. The molecule has 0 rings (SSSR count). The third-order valence-corrected chi connectivity index (χ3v) is 2.71. The molecular formula is C13H31IN4. The molecule has 5 heteroatoms. The predicted octanol–water partition coefficient (Wildman–Crippen LogP) is 2.29. The van der Waals surface area contributed by atoms with Crippen molar-refractivity contribution in [1.29, 1.82) is 0 Å². The highest BCUT2D eigenvalue weighted by molar-refractivity contribution is 14.0. The van der Waals surface area contributed by atoms with Crippen molar-refractivity contribution in [3.63, 3.8) is 0 Å². The van der Waals surface area contributed by atoms with Crippen LogP contribution >= 0.6 is 24.0 Å². The van der Waals surface area contributed by atoms with Crippen molar-refractivity contribution in [2.45, 2.75) is 40.5 Å². The number of aliphatic imine (C=N–C) groups is 1. The van der Waals surface area contributed by atoms with E-state index in [1.807, 2.05) is 0 Å². The second-order valence-electron chi connectivity index (χ2n) is 4.81. The summed E-state index contributed by atoms with van der Waals surface area (Å²) in [7, 11) is 0. The summed E-state index contributed by atoms with van der Waals surface area (Å²) in [6.07, 6.45) is 2.30. The van der Waals surface area contributed by atoms with Gasteiger partial charge in [0, 0.05) is 19.6 Å². The zero-order valence-corrected chi connectivity index (χ0v) is 14.7. The molecule has 110 valence electrons. The first-order chi connectivity index (χ1) is 8.10. The third-order valence-electron chi connectivity index (χ3n) is 2.71. The Morgan fingerprint density at radius 2 is 1.94 bits per heavy atom. The highest BCUT2D eigenvalue weighted by atomic mass is 127. The SMILES string of the molecule is CCCN(CC)CCNC(N)=NCCC(C)C.I. The van der Waals surface area contributed by atoms with E-state index in [9.17, 15) is 0 Å². The van der Waals surface area contributed by atoms with Crippen LogP contribution in [0.25, 0.3) is 0 Å². The molecule has 0 aromatic carbocycles. The molecule has 4 nitrogen and oxygen atoms in total. The molecule has 0 amide bonds. The van der Waals surface area contributed by atoms with Gasteiger partial charge in [-0.15, -0.1) is 24.0 Å². The molecule has 18 heavy (non-hydrogen) atoms. The average Bonchev–Trinajstić information content (AvgIpc) is 2.27. The summed E-state index contributed by atoms with van der Waals surface area (Å²) < 4.78 is 0. The zero-order chi connectivity index (χ0) is 13.1. The number of nitrogens with zero attached hydrogens (tertiary/aromatic N) is 2. The molecule has 0 aromatic rings. The molecule has 0 aromatic heterocycles. The standard InChI is InChI=1S/C13H30N4.HI/c1-5-10-17(6-2)11-9-16-13(14)15-8-7-12(3)4;/h12H,5-11H2,1-4H3,(H3,14,15,16);1H. The molecule has 0 fully saturated rings. The zero-order valence-electron chi connectivity index (χ0n) is 12.4. The monoisotopic (exact) mass is 370 g/mol. The lowest BCUT2D eigenvalue weighted by molar-refractivity contribution is 0.293. The molecular weight excluding hydrogens is 339 g/mol. The number of hydrogen-bond donors (Lipinski definition) is 2. The fraction of sp³-hybridized carbons (Fsp3) is 0.923. The Kier molecular flexibility index (Phi) is 15.1. The molecule has 0 aliphatic carbocycles. The summed E-state index contributed by atoms with van der Waals surface area (Å²) in [5, 5.41) is 3.17. The van der Waals surface area contributed by atoms with Crippen LogP contribution in [0.4, 0.5) is 0 Å². The Balaban J connectivity index is 0. The van der Waals surface area contributed by atoms with Crippen LogP contribution in [0.5, 0.6) is 0 Å². The molecule has 0 saturated carbocycles. The van der Waals surface area contributed by atoms with Gasteiger partial charge in [-0.1, -0.05) is 27.7 Å². The Morgan fingerprint density at radius 1 is 1.28 bits per heavy atom. The van der Waals surface area contributed by atoms with Crippen molar-refractivity contribution >= 4 is 29.9 Å². The minimum atomic E-state index is 0. The van der Waals surface area contributed by atoms with Crippen molar-refractivity contribution in [2.24, 2.45) is 16.6 Å². The lowest BCUT2D eigenvalue weighted by Gasteiger charge is -2.19. The quantitative estimate of drug-likeness (QED) is 0.372. The van der Waals surface area contributed by atoms with Crippen LogP contribution in [0, 0.1) is 5.92 Å². The number of rotatable bonds is 9. The fourth-order valence-corrected chi connectivity index (χ4v) is 1.59. The van der Waals surface area contributed by atoms with E-state index < -0.39 is 0 Å². The summed E-state index contributed by atoms with van der Waals surface area (Å²) in [5.74, 6) is 1.27. The van der Waals surface area contributed by atoms with Gasteiger partial charge in [-0.2, -0.15) is 0 Å². The number of hydrogen-bond acceptors (Lipinski definition) is 2. The van der Waals surface area contributed by atoms with Crippen LogP contribution in [0.15, 0.2) is 4.99 Å². The van der Waals surface area contributed by atoms with E-state index in [4.69, 9.17) is 5.73 Å². The number of guanidine groups is 1. The largest absolute Gasteiger partial charge is 0.370 e. The van der Waals surface area contributed by atoms with Crippen molar-refractivity contribution in [3.8, 4) is 0 Å². The van der Waals surface area contributed by atoms with E-state index >= 15 is 0 Å². The minimum Gasteiger partial charge on any atom is -0.370 e. The van der Waals surface area contributed by atoms with Crippen LogP contribution in [-0.2, 0) is 0 Å². The van der Waals surface area contributed by atoms with Gasteiger partial charge in [0.05, 0.1) is 0 Å². The van der Waals surface area contributed by atoms with Crippen molar-refractivity contribution < 1.29 is 0 Å². The maximum Gasteiger partial charge on any atom is 0.188 e. The third kappa shape index (κ3) is 12.4.